The summed E-state index contributed by atoms with van der Waals surface area (Å²) in [7, 11) is -3.92. The van der Waals surface area contributed by atoms with Crippen molar-refractivity contribution in [2.75, 3.05) is 6.54 Å². The highest BCUT2D eigenvalue weighted by atomic mass is 32.2. The molecule has 1 aromatic rings. The normalized spacial score (nSPS) is 11.3. The fourth-order valence-electron chi connectivity index (χ4n) is 1.55. The number of aliphatic carboxylic acids is 1. The van der Waals surface area contributed by atoms with Crippen LogP contribution in [0.1, 0.15) is 35.6 Å². The quantitative estimate of drug-likeness (QED) is 0.615. The van der Waals surface area contributed by atoms with Crippen molar-refractivity contribution in [1.29, 1.82) is 0 Å². The van der Waals surface area contributed by atoms with E-state index in [9.17, 15) is 18.0 Å². The lowest BCUT2D eigenvalue weighted by Crippen LogP contribution is -2.24. The zero-order chi connectivity index (χ0) is 15.3. The van der Waals surface area contributed by atoms with Crippen LogP contribution in [0.5, 0.6) is 0 Å². The van der Waals surface area contributed by atoms with Gasteiger partial charge >= 0.3 is 5.97 Å². The molecule has 8 nitrogen and oxygen atoms in total. The number of hydrogen-bond acceptors (Lipinski definition) is 5. The molecular weight excluding hydrogens is 288 g/mol. The summed E-state index contributed by atoms with van der Waals surface area (Å²) in [6, 6.07) is 1.07. The molecule has 0 aliphatic heterocycles. The monoisotopic (exact) mass is 304 g/mol. The van der Waals surface area contributed by atoms with Gasteiger partial charge in [-0.05, 0) is 19.8 Å². The first-order chi connectivity index (χ1) is 9.21. The minimum atomic E-state index is -3.92. The van der Waals surface area contributed by atoms with Crippen LogP contribution < -0.4 is 10.5 Å². The van der Waals surface area contributed by atoms with E-state index in [0.29, 0.717) is 12.8 Å². The van der Waals surface area contributed by atoms with Gasteiger partial charge in [0.1, 0.15) is 10.7 Å². The fourth-order valence-corrected chi connectivity index (χ4v) is 2.26. The minimum absolute atomic E-state index is 0.0330. The smallest absolute Gasteiger partial charge is 0.303 e. The van der Waals surface area contributed by atoms with Gasteiger partial charge in [-0.1, -0.05) is 0 Å². The number of unbranched alkanes of at least 4 members (excludes halogenated alkanes) is 1. The van der Waals surface area contributed by atoms with Gasteiger partial charge in [0.2, 0.25) is 10.0 Å². The lowest BCUT2D eigenvalue weighted by atomic mass is 10.2. The first kappa shape index (κ1) is 16.2. The Balaban J connectivity index is 2.55. The highest BCUT2D eigenvalue weighted by molar-refractivity contribution is 7.89. The number of nitrogens with two attached hydrogens (primary N) is 1. The third kappa shape index (κ3) is 4.67. The van der Waals surface area contributed by atoms with Crippen LogP contribution >= 0.6 is 0 Å². The Bertz CT molecular complexity index is 604. The van der Waals surface area contributed by atoms with Crippen molar-refractivity contribution in [3.05, 3.63) is 17.6 Å². The molecule has 0 atom stereocenters. The van der Waals surface area contributed by atoms with Crippen molar-refractivity contribution in [3.63, 3.8) is 0 Å². The van der Waals surface area contributed by atoms with Gasteiger partial charge in [-0.2, -0.15) is 0 Å². The van der Waals surface area contributed by atoms with Crippen LogP contribution in [0.4, 0.5) is 0 Å². The van der Waals surface area contributed by atoms with E-state index in [1.807, 2.05) is 0 Å². The predicted molar refractivity (Wildman–Crippen MR) is 68.6 cm³/mol. The summed E-state index contributed by atoms with van der Waals surface area (Å²) in [6.45, 7) is 1.67. The van der Waals surface area contributed by atoms with Crippen LogP contribution in [0.2, 0.25) is 0 Å². The molecule has 0 unspecified atom stereocenters. The lowest BCUT2D eigenvalue weighted by Gasteiger charge is -2.01. The minimum Gasteiger partial charge on any atom is -0.481 e. The first-order valence-electron chi connectivity index (χ1n) is 5.85. The van der Waals surface area contributed by atoms with Crippen molar-refractivity contribution in [2.24, 2.45) is 5.14 Å². The van der Waals surface area contributed by atoms with Crippen molar-refractivity contribution in [3.8, 4) is 0 Å². The fraction of sp³-hybridized carbons (Fsp3) is 0.455. The molecule has 1 aromatic heterocycles. The van der Waals surface area contributed by atoms with Crippen LogP contribution in [0.15, 0.2) is 15.4 Å². The number of hydrogen-bond donors (Lipinski definition) is 3. The molecule has 1 rings (SSSR count). The van der Waals surface area contributed by atoms with E-state index < -0.39 is 21.9 Å². The summed E-state index contributed by atoms with van der Waals surface area (Å²) in [6.07, 6.45) is 0.973. The number of furan rings is 1. The number of nitrogens with one attached hydrogen (secondary N) is 1. The van der Waals surface area contributed by atoms with Crippen LogP contribution in [0.3, 0.4) is 0 Å². The van der Waals surface area contributed by atoms with Gasteiger partial charge in [-0.15, -0.1) is 0 Å². The molecule has 1 heterocycles. The lowest BCUT2D eigenvalue weighted by molar-refractivity contribution is -0.137. The molecule has 0 spiro atoms. The maximum Gasteiger partial charge on any atom is 0.303 e. The van der Waals surface area contributed by atoms with Crippen molar-refractivity contribution < 1.29 is 27.5 Å². The largest absolute Gasteiger partial charge is 0.481 e. The summed E-state index contributed by atoms with van der Waals surface area (Å²) < 4.78 is 27.4. The molecule has 0 aliphatic rings. The number of carbonyl (C=O) groups excluding carboxylic acids is 1. The van der Waals surface area contributed by atoms with Gasteiger partial charge in [0.25, 0.3) is 5.91 Å². The van der Waals surface area contributed by atoms with Crippen LogP contribution in [0.25, 0.3) is 0 Å². The van der Waals surface area contributed by atoms with Crippen LogP contribution in [-0.2, 0) is 14.8 Å². The standard InChI is InChI=1S/C11H16N2O6S/c1-7-9(20(12,17)18)6-8(19-7)11(16)13-5-3-2-4-10(14)15/h6H,2-5H2,1H3,(H,13,16)(H,14,15)(H2,12,17,18). The average Bonchev–Trinajstić information content (AvgIpc) is 2.70. The molecule has 0 radical (unpaired) electrons. The first-order valence-corrected chi connectivity index (χ1v) is 7.39. The molecule has 1 amide bonds. The molecule has 0 saturated carbocycles. The Kier molecular flexibility index (Phi) is 5.28. The van der Waals surface area contributed by atoms with E-state index >= 15 is 0 Å². The van der Waals surface area contributed by atoms with Gasteiger partial charge < -0.3 is 14.8 Å². The van der Waals surface area contributed by atoms with Gasteiger partial charge in [-0.3, -0.25) is 9.59 Å². The van der Waals surface area contributed by atoms with Crippen molar-refractivity contribution >= 4 is 21.9 Å². The SMILES string of the molecule is Cc1oc(C(=O)NCCCCC(=O)O)cc1S(N)(=O)=O. The van der Waals surface area contributed by atoms with Crippen LogP contribution in [-0.4, -0.2) is 31.9 Å². The van der Waals surface area contributed by atoms with Gasteiger partial charge in [0.05, 0.1) is 0 Å². The van der Waals surface area contributed by atoms with Gasteiger partial charge in [0, 0.05) is 19.0 Å². The second-order valence-corrected chi connectivity index (χ2v) is 5.71. The van der Waals surface area contributed by atoms with E-state index in [-0.39, 0.29) is 29.4 Å². The number of carboxylic acid groups (broad SMARTS) is 1. The number of sulfonamides is 1. The number of primary sulfonamides is 1. The third-order valence-corrected chi connectivity index (χ3v) is 3.52. The van der Waals surface area contributed by atoms with Crippen molar-refractivity contribution in [1.82, 2.24) is 5.32 Å². The summed E-state index contributed by atoms with van der Waals surface area (Å²) in [5, 5.41) is 15.9. The number of carbonyl (C=O) groups is 2. The molecule has 0 bridgehead atoms. The maximum absolute atomic E-state index is 11.7. The maximum atomic E-state index is 11.7. The van der Waals surface area contributed by atoms with Crippen molar-refractivity contribution in [2.45, 2.75) is 31.1 Å². The van der Waals surface area contributed by atoms with E-state index in [2.05, 4.69) is 5.32 Å². The zero-order valence-electron chi connectivity index (χ0n) is 10.9. The molecule has 9 heteroatoms. The Hall–Kier alpha value is -1.87. The Labute approximate surface area is 116 Å². The van der Waals surface area contributed by atoms with E-state index in [4.69, 9.17) is 14.7 Å². The van der Waals surface area contributed by atoms with E-state index in [0.717, 1.165) is 6.07 Å². The molecule has 0 fully saturated rings. The zero-order valence-corrected chi connectivity index (χ0v) is 11.7. The molecule has 0 saturated heterocycles. The molecule has 20 heavy (non-hydrogen) atoms. The van der Waals surface area contributed by atoms with E-state index in [1.165, 1.54) is 6.92 Å². The summed E-state index contributed by atoms with van der Waals surface area (Å²) in [5.74, 6) is -1.57. The van der Waals surface area contributed by atoms with Gasteiger partial charge in [-0.25, -0.2) is 13.6 Å². The highest BCUT2D eigenvalue weighted by Gasteiger charge is 2.20. The Morgan fingerprint density at radius 2 is 2.05 bits per heavy atom. The Morgan fingerprint density at radius 3 is 2.55 bits per heavy atom. The Morgan fingerprint density at radius 1 is 1.40 bits per heavy atom. The summed E-state index contributed by atoms with van der Waals surface area (Å²) in [5.41, 5.74) is 0. The van der Waals surface area contributed by atoms with Crippen LogP contribution in [0, 0.1) is 6.92 Å². The summed E-state index contributed by atoms with van der Waals surface area (Å²) >= 11 is 0. The second kappa shape index (κ2) is 6.53. The molecular formula is C11H16N2O6S. The highest BCUT2D eigenvalue weighted by Crippen LogP contribution is 2.18. The van der Waals surface area contributed by atoms with Gasteiger partial charge in [0.15, 0.2) is 5.76 Å². The summed E-state index contributed by atoms with van der Waals surface area (Å²) in [4.78, 5) is 21.7. The van der Waals surface area contributed by atoms with E-state index in [1.54, 1.807) is 0 Å². The average molecular weight is 304 g/mol. The number of carboxylic acids is 1. The molecule has 4 N–H and O–H groups in total. The molecule has 112 valence electrons. The molecule has 0 aromatic carbocycles. The number of amides is 1. The third-order valence-electron chi connectivity index (χ3n) is 2.51. The number of rotatable bonds is 7. The molecule has 0 aliphatic carbocycles. The topological polar surface area (TPSA) is 140 Å². The second-order valence-electron chi connectivity index (χ2n) is 4.18. The number of aryl methyl sites for hydroxylation is 1. The predicted octanol–water partition coefficient (Wildman–Crippen LogP) is 0.220.